The number of fused-ring (bicyclic) bond motifs is 2. The molecule has 2 aromatic carbocycles. The van der Waals surface area contributed by atoms with E-state index in [1.165, 1.54) is 5.56 Å². The number of nitrogens with zero attached hydrogens (tertiary/aromatic N) is 1. The van der Waals surface area contributed by atoms with Crippen LogP contribution in [0.15, 0.2) is 42.5 Å². The van der Waals surface area contributed by atoms with Crippen LogP contribution in [0.4, 0.5) is 5.69 Å². The Morgan fingerprint density at radius 2 is 1.74 bits per heavy atom. The van der Waals surface area contributed by atoms with E-state index in [0.717, 1.165) is 37.3 Å². The first-order valence-corrected chi connectivity index (χ1v) is 11.2. The lowest BCUT2D eigenvalue weighted by Crippen LogP contribution is -2.45. The first kappa shape index (κ1) is 21.9. The first-order valence-electron chi connectivity index (χ1n) is 10.4. The van der Waals surface area contributed by atoms with Crippen LogP contribution in [-0.2, 0) is 16.1 Å². The SMILES string of the molecule is O=CNCOc1ccc(Cl)cc1NC(=O)C1CC2CC[C@@H](C1)N2Cc1ccc(Cl)cc1. The van der Waals surface area contributed by atoms with Gasteiger partial charge >= 0.3 is 0 Å². The van der Waals surface area contributed by atoms with Gasteiger partial charge in [-0.2, -0.15) is 0 Å². The summed E-state index contributed by atoms with van der Waals surface area (Å²) < 4.78 is 5.53. The second-order valence-electron chi connectivity index (χ2n) is 8.09. The lowest BCUT2D eigenvalue weighted by atomic mass is 9.89. The van der Waals surface area contributed by atoms with Gasteiger partial charge in [-0.3, -0.25) is 14.5 Å². The Morgan fingerprint density at radius 1 is 1.06 bits per heavy atom. The second kappa shape index (κ2) is 9.90. The van der Waals surface area contributed by atoms with E-state index in [9.17, 15) is 9.59 Å². The molecule has 2 amide bonds. The van der Waals surface area contributed by atoms with Gasteiger partial charge in [-0.25, -0.2) is 0 Å². The first-order chi connectivity index (χ1) is 15.0. The zero-order chi connectivity index (χ0) is 21.8. The molecule has 6 nitrogen and oxygen atoms in total. The minimum atomic E-state index is -0.0566. The highest BCUT2D eigenvalue weighted by atomic mass is 35.5. The molecule has 164 valence electrons. The van der Waals surface area contributed by atoms with E-state index in [-0.39, 0.29) is 18.6 Å². The molecule has 31 heavy (non-hydrogen) atoms. The van der Waals surface area contributed by atoms with E-state index in [2.05, 4.69) is 27.7 Å². The minimum absolute atomic E-state index is 0.0151. The molecule has 0 aromatic heterocycles. The van der Waals surface area contributed by atoms with Crippen molar-refractivity contribution >= 4 is 41.2 Å². The molecule has 2 N–H and O–H groups in total. The fraction of sp³-hybridized carbons (Fsp3) is 0.391. The van der Waals surface area contributed by atoms with Gasteiger partial charge < -0.3 is 15.4 Å². The number of nitrogens with one attached hydrogen (secondary N) is 2. The van der Waals surface area contributed by atoms with E-state index in [1.54, 1.807) is 18.2 Å². The molecule has 0 spiro atoms. The number of rotatable bonds is 8. The predicted molar refractivity (Wildman–Crippen MR) is 121 cm³/mol. The van der Waals surface area contributed by atoms with Crippen LogP contribution in [0.2, 0.25) is 10.0 Å². The Labute approximate surface area is 191 Å². The van der Waals surface area contributed by atoms with Gasteiger partial charge in [0.1, 0.15) is 5.75 Å². The molecule has 2 fully saturated rings. The van der Waals surface area contributed by atoms with Crippen molar-refractivity contribution in [2.45, 2.75) is 44.3 Å². The maximum atomic E-state index is 13.1. The molecule has 2 aliphatic heterocycles. The molecule has 2 saturated heterocycles. The number of halogens is 2. The Balaban J connectivity index is 1.39. The van der Waals surface area contributed by atoms with Crippen molar-refractivity contribution in [1.29, 1.82) is 0 Å². The molecule has 2 unspecified atom stereocenters. The van der Waals surface area contributed by atoms with Crippen LogP contribution in [-0.4, -0.2) is 36.0 Å². The van der Waals surface area contributed by atoms with E-state index in [0.29, 0.717) is 35.0 Å². The molecule has 2 bridgehead atoms. The van der Waals surface area contributed by atoms with E-state index in [1.807, 2.05) is 12.1 Å². The predicted octanol–water partition coefficient (Wildman–Crippen LogP) is 4.46. The number of piperidine rings is 1. The summed E-state index contributed by atoms with van der Waals surface area (Å²) in [4.78, 5) is 26.1. The monoisotopic (exact) mass is 461 g/mol. The van der Waals surface area contributed by atoms with Gasteiger partial charge in [-0.15, -0.1) is 0 Å². The van der Waals surface area contributed by atoms with Crippen LogP contribution in [0.5, 0.6) is 5.75 Å². The highest BCUT2D eigenvalue weighted by molar-refractivity contribution is 6.31. The van der Waals surface area contributed by atoms with Crippen LogP contribution in [0.25, 0.3) is 0 Å². The number of hydrogen-bond acceptors (Lipinski definition) is 4. The lowest BCUT2D eigenvalue weighted by molar-refractivity contribution is -0.122. The van der Waals surface area contributed by atoms with E-state index >= 15 is 0 Å². The minimum Gasteiger partial charge on any atom is -0.471 e. The standard InChI is InChI=1S/C23H25Cl2N3O3/c24-17-3-1-15(2-4-17)12-28-19-6-7-20(28)10-16(9-19)23(30)27-21-11-18(25)5-8-22(21)31-14-26-13-29/h1-5,8,11,13,16,19-20H,6-7,9-10,12,14H2,(H,26,29)(H,27,30)/t16?,19-,20?/m0/s1. The highest BCUT2D eigenvalue weighted by Gasteiger charge is 2.42. The van der Waals surface area contributed by atoms with Crippen LogP contribution >= 0.6 is 23.2 Å². The summed E-state index contributed by atoms with van der Waals surface area (Å²) in [6, 6.07) is 13.8. The molecule has 3 atom stereocenters. The second-order valence-corrected chi connectivity index (χ2v) is 8.97. The van der Waals surface area contributed by atoms with Crippen molar-refractivity contribution in [3.63, 3.8) is 0 Å². The number of benzene rings is 2. The fourth-order valence-electron chi connectivity index (χ4n) is 4.66. The van der Waals surface area contributed by atoms with Gasteiger partial charge in [0.2, 0.25) is 12.3 Å². The summed E-state index contributed by atoms with van der Waals surface area (Å²) in [5, 5.41) is 6.68. The quantitative estimate of drug-likeness (QED) is 0.345. The number of amides is 2. The van der Waals surface area contributed by atoms with Crippen molar-refractivity contribution in [2.75, 3.05) is 12.0 Å². The maximum absolute atomic E-state index is 13.1. The van der Waals surface area contributed by atoms with Crippen LogP contribution in [0.1, 0.15) is 31.2 Å². The Morgan fingerprint density at radius 3 is 2.42 bits per heavy atom. The third-order valence-electron chi connectivity index (χ3n) is 6.13. The van der Waals surface area contributed by atoms with E-state index < -0.39 is 0 Å². The maximum Gasteiger partial charge on any atom is 0.227 e. The number of anilines is 1. The third kappa shape index (κ3) is 5.32. The molecule has 0 aliphatic carbocycles. The highest BCUT2D eigenvalue weighted by Crippen LogP contribution is 2.40. The Hall–Kier alpha value is -2.28. The molecule has 0 radical (unpaired) electrons. The Kier molecular flexibility index (Phi) is 7.00. The summed E-state index contributed by atoms with van der Waals surface area (Å²) in [7, 11) is 0. The smallest absolute Gasteiger partial charge is 0.227 e. The molecule has 2 aromatic rings. The van der Waals surface area contributed by atoms with E-state index in [4.69, 9.17) is 27.9 Å². The molecular formula is C23H25Cl2N3O3. The lowest BCUT2D eigenvalue weighted by Gasteiger charge is -2.38. The number of carbonyl (C=O) groups excluding carboxylic acids is 2. The van der Waals surface area contributed by atoms with Gasteiger partial charge in [-0.1, -0.05) is 35.3 Å². The summed E-state index contributed by atoms with van der Waals surface area (Å²) >= 11 is 12.1. The molecule has 2 heterocycles. The number of ether oxygens (including phenoxy) is 1. The van der Waals surface area contributed by atoms with Crippen molar-refractivity contribution in [1.82, 2.24) is 10.2 Å². The third-order valence-corrected chi connectivity index (χ3v) is 6.61. The van der Waals surface area contributed by atoms with Crippen molar-refractivity contribution in [2.24, 2.45) is 5.92 Å². The van der Waals surface area contributed by atoms with Crippen molar-refractivity contribution < 1.29 is 14.3 Å². The fourth-order valence-corrected chi connectivity index (χ4v) is 4.96. The van der Waals surface area contributed by atoms with Crippen LogP contribution in [0.3, 0.4) is 0 Å². The Bertz CT molecular complexity index is 924. The number of carbonyl (C=O) groups is 2. The largest absolute Gasteiger partial charge is 0.471 e. The molecule has 4 rings (SSSR count). The van der Waals surface area contributed by atoms with Crippen molar-refractivity contribution in [3.8, 4) is 5.75 Å². The van der Waals surface area contributed by atoms with Crippen molar-refractivity contribution in [3.05, 3.63) is 58.1 Å². The summed E-state index contributed by atoms with van der Waals surface area (Å²) in [6.07, 6.45) is 4.45. The van der Waals surface area contributed by atoms with Gasteiger partial charge in [0.05, 0.1) is 5.69 Å². The van der Waals surface area contributed by atoms with Crippen LogP contribution < -0.4 is 15.4 Å². The van der Waals surface area contributed by atoms with Gasteiger partial charge in [-0.05, 0) is 61.6 Å². The van der Waals surface area contributed by atoms with Crippen LogP contribution in [0, 0.1) is 5.92 Å². The average Bonchev–Trinajstić information content (AvgIpc) is 2.97. The summed E-state index contributed by atoms with van der Waals surface area (Å²) in [6.45, 7) is 0.901. The van der Waals surface area contributed by atoms with Gasteiger partial charge in [0, 0.05) is 34.6 Å². The zero-order valence-electron chi connectivity index (χ0n) is 17.0. The normalized spacial score (nSPS) is 22.7. The van der Waals surface area contributed by atoms with Gasteiger partial charge in [0.25, 0.3) is 0 Å². The molecule has 2 aliphatic rings. The zero-order valence-corrected chi connectivity index (χ0v) is 18.5. The van der Waals surface area contributed by atoms with Gasteiger partial charge in [0.15, 0.2) is 6.73 Å². The molecule has 8 heteroatoms. The topological polar surface area (TPSA) is 70.7 Å². The average molecular weight is 462 g/mol. The summed E-state index contributed by atoms with van der Waals surface area (Å²) in [5.74, 6) is 0.396. The summed E-state index contributed by atoms with van der Waals surface area (Å²) in [5.41, 5.74) is 1.76. The number of hydrogen-bond donors (Lipinski definition) is 2. The molecular weight excluding hydrogens is 437 g/mol. The molecule has 0 saturated carbocycles.